The third kappa shape index (κ3) is 5.50. The van der Waals surface area contributed by atoms with Crippen LogP contribution in [-0.4, -0.2) is 60.4 Å². The Kier molecular flexibility index (Phi) is 7.67. The van der Waals surface area contributed by atoms with Gasteiger partial charge in [0.05, 0.1) is 19.1 Å². The maximum atomic E-state index is 12.9. The van der Waals surface area contributed by atoms with Crippen molar-refractivity contribution in [2.24, 2.45) is 5.92 Å². The second-order valence-electron chi connectivity index (χ2n) is 9.29. The van der Waals surface area contributed by atoms with E-state index in [0.29, 0.717) is 36.0 Å². The van der Waals surface area contributed by atoms with E-state index < -0.39 is 0 Å². The molecular weight excluding hydrogens is 450 g/mol. The van der Waals surface area contributed by atoms with Gasteiger partial charge in [0.2, 0.25) is 5.91 Å². The van der Waals surface area contributed by atoms with Crippen LogP contribution in [0.4, 0.5) is 5.69 Å². The summed E-state index contributed by atoms with van der Waals surface area (Å²) in [6.45, 7) is 15.5. The van der Waals surface area contributed by atoms with E-state index >= 15 is 0 Å². The van der Waals surface area contributed by atoms with Gasteiger partial charge in [-0.15, -0.1) is 0 Å². The Morgan fingerprint density at radius 2 is 2.00 bits per heavy atom. The number of amides is 1. The largest absolute Gasteiger partial charge is 0.381 e. The van der Waals surface area contributed by atoms with Gasteiger partial charge in [-0.05, 0) is 55.2 Å². The third-order valence-electron chi connectivity index (χ3n) is 6.90. The molecule has 1 amide bonds. The van der Waals surface area contributed by atoms with Crippen molar-refractivity contribution in [1.29, 1.82) is 0 Å². The number of Topliss-reactive ketones (excluding diaryl/α,β-unsaturated/α-hetero) is 1. The topological polar surface area (TPSA) is 54.2 Å². The summed E-state index contributed by atoms with van der Waals surface area (Å²) in [5.74, 6) is 0.185. The Bertz CT molecular complexity index is 1120. The zero-order valence-corrected chi connectivity index (χ0v) is 20.5. The second kappa shape index (κ2) is 10.7. The maximum Gasteiger partial charge on any atom is 0.228 e. The molecule has 0 aromatic heterocycles. The minimum atomic E-state index is -0.0292. The number of ether oxygens (including phenoxy) is 1. The van der Waals surface area contributed by atoms with Crippen LogP contribution in [0.15, 0.2) is 36.4 Å². The Hall–Kier alpha value is -2.72. The van der Waals surface area contributed by atoms with Crippen molar-refractivity contribution in [2.45, 2.75) is 39.3 Å². The molecule has 6 nitrogen and oxygen atoms in total. The summed E-state index contributed by atoms with van der Waals surface area (Å²) in [6.07, 6.45) is 1.06. The highest BCUT2D eigenvalue weighted by Gasteiger charge is 2.33. The smallest absolute Gasteiger partial charge is 0.228 e. The van der Waals surface area contributed by atoms with E-state index in [1.165, 1.54) is 0 Å². The number of hydrogen-bond donors (Lipinski definition) is 0. The number of carbonyl (C=O) groups excluding carboxylic acids is 2. The van der Waals surface area contributed by atoms with E-state index in [-0.39, 0.29) is 30.1 Å². The van der Waals surface area contributed by atoms with Crippen LogP contribution in [0.25, 0.3) is 4.85 Å². The summed E-state index contributed by atoms with van der Waals surface area (Å²) in [7, 11) is 0. The van der Waals surface area contributed by atoms with Crippen LogP contribution in [0.1, 0.15) is 40.4 Å². The molecule has 0 bridgehead atoms. The zero-order chi connectivity index (χ0) is 24.2. The zero-order valence-electron chi connectivity index (χ0n) is 19.7. The average Bonchev–Trinajstić information content (AvgIpc) is 3.37. The van der Waals surface area contributed by atoms with E-state index in [2.05, 4.69) is 16.7 Å². The molecule has 2 aliphatic rings. The quantitative estimate of drug-likeness (QED) is 0.445. The lowest BCUT2D eigenvalue weighted by atomic mass is 9.95. The van der Waals surface area contributed by atoms with Crippen LogP contribution in [-0.2, 0) is 22.5 Å². The highest BCUT2D eigenvalue weighted by molar-refractivity contribution is 6.30. The van der Waals surface area contributed by atoms with Crippen LogP contribution in [0.5, 0.6) is 0 Å². The monoisotopic (exact) mass is 479 g/mol. The standard InChI is InChI=1S/C27H30ClN3O3/c1-18-15-30(8-9-31(18)27(33)21-7-10-34-17-21)16-23-12-24(28)11-22(19(23)2)14-26(32)20-5-4-6-25(13-20)29-3/h4-6,11-13,18,21H,7-10,14-17H2,1-2H3/t18-,21-/m0/s1. The van der Waals surface area contributed by atoms with Crippen LogP contribution in [0, 0.1) is 19.4 Å². The fraction of sp³-hybridized carbons (Fsp3) is 0.444. The molecule has 4 rings (SSSR count). The minimum absolute atomic E-state index is 0.000231. The highest BCUT2D eigenvalue weighted by Crippen LogP contribution is 2.26. The van der Waals surface area contributed by atoms with Gasteiger partial charge in [0, 0.05) is 55.8 Å². The molecule has 178 valence electrons. The first-order valence-electron chi connectivity index (χ1n) is 11.7. The van der Waals surface area contributed by atoms with Gasteiger partial charge in [0.25, 0.3) is 0 Å². The second-order valence-corrected chi connectivity index (χ2v) is 9.72. The molecule has 0 aliphatic carbocycles. The van der Waals surface area contributed by atoms with Crippen LogP contribution >= 0.6 is 11.6 Å². The molecule has 0 radical (unpaired) electrons. The van der Waals surface area contributed by atoms with Gasteiger partial charge in [0.15, 0.2) is 11.5 Å². The number of halogens is 1. The molecule has 34 heavy (non-hydrogen) atoms. The normalized spacial score (nSPS) is 20.8. The van der Waals surface area contributed by atoms with E-state index in [1.54, 1.807) is 24.3 Å². The van der Waals surface area contributed by atoms with Gasteiger partial charge in [-0.25, -0.2) is 4.85 Å². The lowest BCUT2D eigenvalue weighted by Gasteiger charge is -2.41. The molecule has 2 aliphatic heterocycles. The fourth-order valence-electron chi connectivity index (χ4n) is 4.88. The van der Waals surface area contributed by atoms with Crippen LogP contribution in [0.2, 0.25) is 5.02 Å². The molecule has 0 saturated carbocycles. The number of ketones is 1. The first-order chi connectivity index (χ1) is 16.4. The van der Waals surface area contributed by atoms with Gasteiger partial charge in [-0.1, -0.05) is 29.8 Å². The predicted octanol–water partition coefficient (Wildman–Crippen LogP) is 4.69. The maximum absolute atomic E-state index is 12.9. The number of carbonyl (C=O) groups is 2. The van der Waals surface area contributed by atoms with E-state index in [0.717, 1.165) is 42.7 Å². The van der Waals surface area contributed by atoms with Crippen molar-refractivity contribution in [2.75, 3.05) is 32.8 Å². The molecule has 2 atom stereocenters. The fourth-order valence-corrected chi connectivity index (χ4v) is 5.14. The van der Waals surface area contributed by atoms with Gasteiger partial charge in [0.1, 0.15) is 0 Å². The Morgan fingerprint density at radius 1 is 1.21 bits per heavy atom. The SMILES string of the molecule is [C-]#[N+]c1cccc(C(=O)Cc2cc(Cl)cc(CN3CCN(C(=O)[C@H]4CCOC4)[C@@H](C)C3)c2C)c1. The third-order valence-corrected chi connectivity index (χ3v) is 7.12. The van der Waals surface area contributed by atoms with Crippen molar-refractivity contribution >= 4 is 29.0 Å². The molecule has 2 aromatic rings. The summed E-state index contributed by atoms with van der Waals surface area (Å²) in [5.41, 5.74) is 4.07. The van der Waals surface area contributed by atoms with Crippen molar-refractivity contribution in [3.05, 3.63) is 75.1 Å². The summed E-state index contributed by atoms with van der Waals surface area (Å²) in [5, 5.41) is 0.612. The Labute approximate surface area is 206 Å². The first kappa shape index (κ1) is 24.4. The van der Waals surface area contributed by atoms with Gasteiger partial charge in [-0.3, -0.25) is 14.5 Å². The van der Waals surface area contributed by atoms with Gasteiger partial charge >= 0.3 is 0 Å². The van der Waals surface area contributed by atoms with Crippen LogP contribution < -0.4 is 0 Å². The van der Waals surface area contributed by atoms with Crippen LogP contribution in [0.3, 0.4) is 0 Å². The van der Waals surface area contributed by atoms with Crippen molar-refractivity contribution in [3.8, 4) is 0 Å². The van der Waals surface area contributed by atoms with Gasteiger partial charge in [-0.2, -0.15) is 0 Å². The summed E-state index contributed by atoms with van der Waals surface area (Å²) in [4.78, 5) is 33.5. The minimum Gasteiger partial charge on any atom is -0.381 e. The predicted molar refractivity (Wildman–Crippen MR) is 132 cm³/mol. The van der Waals surface area contributed by atoms with E-state index in [1.807, 2.05) is 24.0 Å². The molecule has 2 heterocycles. The molecule has 2 saturated heterocycles. The Morgan fingerprint density at radius 3 is 2.71 bits per heavy atom. The lowest BCUT2D eigenvalue weighted by Crippen LogP contribution is -2.55. The molecule has 0 spiro atoms. The molecule has 7 heteroatoms. The molecule has 0 unspecified atom stereocenters. The number of piperazine rings is 1. The molecule has 0 N–H and O–H groups in total. The summed E-state index contributed by atoms with van der Waals surface area (Å²) < 4.78 is 5.40. The van der Waals surface area contributed by atoms with Crippen molar-refractivity contribution in [3.63, 3.8) is 0 Å². The number of rotatable bonds is 6. The van der Waals surface area contributed by atoms with Crippen molar-refractivity contribution < 1.29 is 14.3 Å². The molecule has 2 aromatic carbocycles. The Balaban J connectivity index is 1.43. The molecule has 2 fully saturated rings. The van der Waals surface area contributed by atoms with E-state index in [9.17, 15) is 9.59 Å². The number of benzene rings is 2. The average molecular weight is 480 g/mol. The number of nitrogens with zero attached hydrogens (tertiary/aromatic N) is 3. The first-order valence-corrected chi connectivity index (χ1v) is 12.1. The number of hydrogen-bond acceptors (Lipinski definition) is 4. The highest BCUT2D eigenvalue weighted by atomic mass is 35.5. The molecular formula is C27H30ClN3O3. The van der Waals surface area contributed by atoms with Gasteiger partial charge < -0.3 is 9.64 Å². The van der Waals surface area contributed by atoms with Crippen molar-refractivity contribution in [1.82, 2.24) is 9.80 Å². The summed E-state index contributed by atoms with van der Waals surface area (Å²) in [6, 6.07) is 10.8. The summed E-state index contributed by atoms with van der Waals surface area (Å²) >= 11 is 6.45. The van der Waals surface area contributed by atoms with E-state index in [4.69, 9.17) is 22.9 Å². The lowest BCUT2D eigenvalue weighted by molar-refractivity contribution is -0.140.